The summed E-state index contributed by atoms with van der Waals surface area (Å²) in [6.45, 7) is 1.31. The SMILES string of the molecule is ClC1=CC2=C(CC1)OCCO2. The molecule has 0 aromatic heterocycles. The maximum absolute atomic E-state index is 5.83. The monoisotopic (exact) mass is 172 g/mol. The molecule has 0 saturated heterocycles. The van der Waals surface area contributed by atoms with Gasteiger partial charge in [-0.15, -0.1) is 0 Å². The van der Waals surface area contributed by atoms with Crippen molar-refractivity contribution in [1.82, 2.24) is 0 Å². The van der Waals surface area contributed by atoms with Crippen molar-refractivity contribution in [2.75, 3.05) is 13.2 Å². The molecule has 0 atom stereocenters. The highest BCUT2D eigenvalue weighted by atomic mass is 35.5. The van der Waals surface area contributed by atoms with Crippen molar-refractivity contribution in [3.63, 3.8) is 0 Å². The third-order valence-corrected chi connectivity index (χ3v) is 2.07. The Labute approximate surface area is 70.4 Å². The maximum atomic E-state index is 5.83. The van der Waals surface area contributed by atoms with E-state index in [0.29, 0.717) is 13.2 Å². The predicted molar refractivity (Wildman–Crippen MR) is 42.1 cm³/mol. The van der Waals surface area contributed by atoms with Crippen molar-refractivity contribution in [3.8, 4) is 0 Å². The van der Waals surface area contributed by atoms with Crippen LogP contribution in [-0.2, 0) is 9.47 Å². The van der Waals surface area contributed by atoms with E-state index in [1.54, 1.807) is 0 Å². The largest absolute Gasteiger partial charge is 0.491 e. The van der Waals surface area contributed by atoms with Crippen LogP contribution in [0.1, 0.15) is 12.8 Å². The van der Waals surface area contributed by atoms with E-state index < -0.39 is 0 Å². The van der Waals surface area contributed by atoms with Gasteiger partial charge in [-0.2, -0.15) is 0 Å². The fourth-order valence-electron chi connectivity index (χ4n) is 1.23. The molecule has 1 heterocycles. The normalized spacial score (nSPS) is 23.2. The summed E-state index contributed by atoms with van der Waals surface area (Å²) < 4.78 is 10.7. The minimum Gasteiger partial charge on any atom is -0.491 e. The molecule has 2 aliphatic rings. The van der Waals surface area contributed by atoms with Gasteiger partial charge in [0, 0.05) is 11.5 Å². The predicted octanol–water partition coefficient (Wildman–Crippen LogP) is 2.16. The average Bonchev–Trinajstić information content (AvgIpc) is 2.04. The zero-order valence-corrected chi connectivity index (χ0v) is 6.86. The second-order valence-electron chi connectivity index (χ2n) is 2.58. The van der Waals surface area contributed by atoms with Gasteiger partial charge in [-0.1, -0.05) is 11.6 Å². The van der Waals surface area contributed by atoms with Gasteiger partial charge in [-0.3, -0.25) is 0 Å². The van der Waals surface area contributed by atoms with Crippen LogP contribution in [0, 0.1) is 0 Å². The summed E-state index contributed by atoms with van der Waals surface area (Å²) in [5.74, 6) is 1.79. The van der Waals surface area contributed by atoms with E-state index in [1.807, 2.05) is 6.08 Å². The molecule has 0 radical (unpaired) electrons. The molecule has 11 heavy (non-hydrogen) atoms. The molecule has 2 nitrogen and oxygen atoms in total. The molecule has 60 valence electrons. The van der Waals surface area contributed by atoms with Crippen molar-refractivity contribution in [3.05, 3.63) is 22.6 Å². The smallest absolute Gasteiger partial charge is 0.158 e. The van der Waals surface area contributed by atoms with Gasteiger partial charge in [0.1, 0.15) is 19.0 Å². The second kappa shape index (κ2) is 2.78. The summed E-state index contributed by atoms with van der Waals surface area (Å²) in [5, 5.41) is 0.856. The van der Waals surface area contributed by atoms with Crippen molar-refractivity contribution < 1.29 is 9.47 Å². The standard InChI is InChI=1S/C8H9ClO2/c9-6-1-2-7-8(5-6)11-4-3-10-7/h5H,1-4H2. The van der Waals surface area contributed by atoms with Crippen LogP contribution in [0.4, 0.5) is 0 Å². The first kappa shape index (κ1) is 7.04. The van der Waals surface area contributed by atoms with Gasteiger partial charge < -0.3 is 9.47 Å². The lowest BCUT2D eigenvalue weighted by Gasteiger charge is -2.23. The molecule has 0 saturated carbocycles. The van der Waals surface area contributed by atoms with E-state index in [1.165, 1.54) is 0 Å². The summed E-state index contributed by atoms with van der Waals surface area (Å²) in [6, 6.07) is 0. The van der Waals surface area contributed by atoms with Gasteiger partial charge in [-0.05, 0) is 12.5 Å². The third kappa shape index (κ3) is 1.36. The molecule has 0 aromatic rings. The van der Waals surface area contributed by atoms with Gasteiger partial charge >= 0.3 is 0 Å². The Morgan fingerprint density at radius 2 is 2.00 bits per heavy atom. The maximum Gasteiger partial charge on any atom is 0.158 e. The Hall–Kier alpha value is -0.630. The number of hydrogen-bond donors (Lipinski definition) is 0. The fraction of sp³-hybridized carbons (Fsp3) is 0.500. The van der Waals surface area contributed by atoms with E-state index in [4.69, 9.17) is 21.1 Å². The Bertz CT molecular complexity index is 230. The van der Waals surface area contributed by atoms with E-state index in [0.717, 1.165) is 29.4 Å². The molecule has 0 unspecified atom stereocenters. The van der Waals surface area contributed by atoms with Crippen LogP contribution >= 0.6 is 11.6 Å². The van der Waals surface area contributed by atoms with Crippen LogP contribution in [0.25, 0.3) is 0 Å². The highest BCUT2D eigenvalue weighted by Gasteiger charge is 2.18. The molecular formula is C8H9ClO2. The number of hydrogen-bond acceptors (Lipinski definition) is 2. The quantitative estimate of drug-likeness (QED) is 0.558. The first-order chi connectivity index (χ1) is 5.36. The van der Waals surface area contributed by atoms with Crippen LogP contribution in [0.2, 0.25) is 0 Å². The highest BCUT2D eigenvalue weighted by Crippen LogP contribution is 2.29. The van der Waals surface area contributed by atoms with Crippen LogP contribution < -0.4 is 0 Å². The van der Waals surface area contributed by atoms with E-state index in [2.05, 4.69) is 0 Å². The lowest BCUT2D eigenvalue weighted by molar-refractivity contribution is 0.0628. The number of rotatable bonds is 0. The number of ether oxygens (including phenoxy) is 2. The van der Waals surface area contributed by atoms with Crippen molar-refractivity contribution >= 4 is 11.6 Å². The number of allylic oxidation sites excluding steroid dienone is 3. The Balaban J connectivity index is 2.25. The molecule has 3 heteroatoms. The first-order valence-electron chi connectivity index (χ1n) is 3.71. The van der Waals surface area contributed by atoms with Crippen LogP contribution in [0.15, 0.2) is 22.6 Å². The second-order valence-corrected chi connectivity index (χ2v) is 3.06. The zero-order chi connectivity index (χ0) is 7.68. The minimum absolute atomic E-state index is 0.638. The van der Waals surface area contributed by atoms with E-state index in [9.17, 15) is 0 Å². The molecule has 1 aliphatic carbocycles. The van der Waals surface area contributed by atoms with Crippen molar-refractivity contribution in [1.29, 1.82) is 0 Å². The molecule has 1 aliphatic heterocycles. The van der Waals surface area contributed by atoms with Crippen LogP contribution in [0.5, 0.6) is 0 Å². The van der Waals surface area contributed by atoms with E-state index >= 15 is 0 Å². The van der Waals surface area contributed by atoms with E-state index in [-0.39, 0.29) is 0 Å². The summed E-state index contributed by atoms with van der Waals surface area (Å²) in [4.78, 5) is 0. The number of halogens is 1. The summed E-state index contributed by atoms with van der Waals surface area (Å²) >= 11 is 5.83. The van der Waals surface area contributed by atoms with Crippen LogP contribution in [-0.4, -0.2) is 13.2 Å². The molecule has 0 amide bonds. The third-order valence-electron chi connectivity index (χ3n) is 1.77. The summed E-state index contributed by atoms with van der Waals surface area (Å²) in [7, 11) is 0. The summed E-state index contributed by atoms with van der Waals surface area (Å²) in [5.41, 5.74) is 0. The topological polar surface area (TPSA) is 18.5 Å². The molecule has 2 rings (SSSR count). The van der Waals surface area contributed by atoms with Gasteiger partial charge in [0.2, 0.25) is 0 Å². The average molecular weight is 173 g/mol. The van der Waals surface area contributed by atoms with Gasteiger partial charge in [0.25, 0.3) is 0 Å². The minimum atomic E-state index is 0.638. The first-order valence-corrected chi connectivity index (χ1v) is 4.09. The zero-order valence-electron chi connectivity index (χ0n) is 6.10. The highest BCUT2D eigenvalue weighted by molar-refractivity contribution is 6.29. The van der Waals surface area contributed by atoms with Gasteiger partial charge in [0.15, 0.2) is 5.76 Å². The molecule has 0 spiro atoms. The molecule has 0 bridgehead atoms. The lowest BCUT2D eigenvalue weighted by atomic mass is 10.1. The Kier molecular flexibility index (Phi) is 1.78. The van der Waals surface area contributed by atoms with Gasteiger partial charge in [0.05, 0.1) is 0 Å². The molecule has 0 N–H and O–H groups in total. The fourth-order valence-corrected chi connectivity index (χ4v) is 1.43. The lowest BCUT2D eigenvalue weighted by Crippen LogP contribution is -2.15. The summed E-state index contributed by atoms with van der Waals surface area (Å²) in [6.07, 6.45) is 3.61. The molecule has 0 aromatic carbocycles. The van der Waals surface area contributed by atoms with Crippen molar-refractivity contribution in [2.24, 2.45) is 0 Å². The van der Waals surface area contributed by atoms with Crippen molar-refractivity contribution in [2.45, 2.75) is 12.8 Å². The van der Waals surface area contributed by atoms with Gasteiger partial charge in [-0.25, -0.2) is 0 Å². The molecule has 0 fully saturated rings. The Morgan fingerprint density at radius 1 is 1.18 bits per heavy atom. The Morgan fingerprint density at radius 3 is 2.91 bits per heavy atom. The molecular weight excluding hydrogens is 164 g/mol. The van der Waals surface area contributed by atoms with Crippen LogP contribution in [0.3, 0.4) is 0 Å².